The first-order chi connectivity index (χ1) is 15.8. The number of Topliss-reactive ketones (excluding diaryl/α,β-unsaturated/α-hetero) is 1. The number of likely N-dealkylation sites (tertiary alicyclic amines) is 1. The van der Waals surface area contributed by atoms with Crippen molar-refractivity contribution in [2.75, 3.05) is 26.7 Å². The molecule has 0 bridgehead atoms. The van der Waals surface area contributed by atoms with E-state index in [9.17, 15) is 14.4 Å². The number of piperidine rings is 1. The number of likely N-dealkylation sites (N-methyl/N-ethyl adjacent to an activating group) is 1. The number of rotatable bonds is 8. The first-order valence-electron chi connectivity index (χ1n) is 12.0. The molecular weight excluding hydrogens is 412 g/mol. The van der Waals surface area contributed by atoms with E-state index in [-0.39, 0.29) is 24.1 Å². The Balaban J connectivity index is 1.64. The van der Waals surface area contributed by atoms with Crippen molar-refractivity contribution in [1.82, 2.24) is 9.80 Å². The van der Waals surface area contributed by atoms with Crippen molar-refractivity contribution in [3.05, 3.63) is 71.3 Å². The van der Waals surface area contributed by atoms with Crippen LogP contribution in [0.25, 0.3) is 0 Å². The molecule has 0 radical (unpaired) electrons. The van der Waals surface area contributed by atoms with E-state index in [1.54, 1.807) is 11.9 Å². The van der Waals surface area contributed by atoms with Crippen molar-refractivity contribution in [1.29, 1.82) is 0 Å². The van der Waals surface area contributed by atoms with Crippen LogP contribution in [0.4, 0.5) is 0 Å². The summed E-state index contributed by atoms with van der Waals surface area (Å²) < 4.78 is 0. The lowest BCUT2D eigenvalue weighted by Crippen LogP contribution is -2.51. The SMILES string of the molecule is CCCC(=O)C1(c2ccccc2)CCN(C(=O)CN(C)C(=O)c2ccc(C(C)C)cc2)CC1. The summed E-state index contributed by atoms with van der Waals surface area (Å²) in [5.41, 5.74) is 2.29. The molecule has 1 saturated heterocycles. The third kappa shape index (κ3) is 5.52. The molecule has 0 aromatic heterocycles. The number of carbonyl (C=O) groups excluding carboxylic acids is 3. The summed E-state index contributed by atoms with van der Waals surface area (Å²) in [6.45, 7) is 7.33. The fraction of sp³-hybridized carbons (Fsp3) is 0.464. The van der Waals surface area contributed by atoms with Crippen molar-refractivity contribution in [2.45, 2.75) is 57.8 Å². The maximum atomic E-state index is 13.1. The van der Waals surface area contributed by atoms with Crippen LogP contribution in [0.1, 0.15) is 73.9 Å². The van der Waals surface area contributed by atoms with E-state index in [0.717, 1.165) is 12.0 Å². The van der Waals surface area contributed by atoms with Crippen LogP contribution in [0.2, 0.25) is 0 Å². The second-order valence-corrected chi connectivity index (χ2v) is 9.44. The predicted molar refractivity (Wildman–Crippen MR) is 131 cm³/mol. The van der Waals surface area contributed by atoms with Gasteiger partial charge in [-0.25, -0.2) is 0 Å². The van der Waals surface area contributed by atoms with E-state index in [1.807, 2.05) is 61.5 Å². The summed E-state index contributed by atoms with van der Waals surface area (Å²) in [5.74, 6) is 0.432. The number of hydrogen-bond donors (Lipinski definition) is 0. The largest absolute Gasteiger partial charge is 0.341 e. The highest BCUT2D eigenvalue weighted by atomic mass is 16.2. The van der Waals surface area contributed by atoms with Crippen LogP contribution in [-0.4, -0.2) is 54.1 Å². The van der Waals surface area contributed by atoms with Crippen LogP contribution in [-0.2, 0) is 15.0 Å². The molecular formula is C28H36N2O3. The van der Waals surface area contributed by atoms with Gasteiger partial charge in [0.25, 0.3) is 5.91 Å². The Hall–Kier alpha value is -2.95. The molecule has 0 aliphatic carbocycles. The number of nitrogens with zero attached hydrogens (tertiary/aromatic N) is 2. The zero-order valence-electron chi connectivity index (χ0n) is 20.3. The van der Waals surface area contributed by atoms with Crippen molar-refractivity contribution < 1.29 is 14.4 Å². The van der Waals surface area contributed by atoms with Gasteiger partial charge >= 0.3 is 0 Å². The lowest BCUT2D eigenvalue weighted by atomic mass is 9.68. The maximum absolute atomic E-state index is 13.1. The van der Waals surface area contributed by atoms with Crippen LogP contribution in [0.5, 0.6) is 0 Å². The molecule has 0 unspecified atom stereocenters. The minimum atomic E-state index is -0.520. The number of ketones is 1. The van der Waals surface area contributed by atoms with E-state index in [4.69, 9.17) is 0 Å². The molecule has 5 heteroatoms. The molecule has 2 aromatic carbocycles. The average molecular weight is 449 g/mol. The van der Waals surface area contributed by atoms with Crippen molar-refractivity contribution in [3.8, 4) is 0 Å². The molecule has 1 fully saturated rings. The minimum Gasteiger partial charge on any atom is -0.341 e. The normalized spacial score (nSPS) is 15.4. The summed E-state index contributed by atoms with van der Waals surface area (Å²) >= 11 is 0. The van der Waals surface area contributed by atoms with Crippen LogP contribution in [0, 0.1) is 0 Å². The molecule has 0 atom stereocenters. The molecule has 33 heavy (non-hydrogen) atoms. The second-order valence-electron chi connectivity index (χ2n) is 9.44. The summed E-state index contributed by atoms with van der Waals surface area (Å²) in [5, 5.41) is 0. The van der Waals surface area contributed by atoms with Gasteiger partial charge in [-0.2, -0.15) is 0 Å². The Morgan fingerprint density at radius 1 is 0.970 bits per heavy atom. The molecule has 0 spiro atoms. The standard InChI is InChI=1S/C28H36N2O3/c1-5-9-25(31)28(24-10-7-6-8-11-24)16-18-30(19-17-28)26(32)20-29(4)27(33)23-14-12-22(13-15-23)21(2)3/h6-8,10-15,21H,5,9,16-20H2,1-4H3. The second kappa shape index (κ2) is 10.8. The highest BCUT2D eigenvalue weighted by Crippen LogP contribution is 2.37. The van der Waals surface area contributed by atoms with Gasteiger partial charge in [-0.05, 0) is 48.4 Å². The highest BCUT2D eigenvalue weighted by molar-refractivity contribution is 5.96. The Morgan fingerprint density at radius 2 is 1.58 bits per heavy atom. The fourth-order valence-electron chi connectivity index (χ4n) is 4.70. The molecule has 2 aromatic rings. The minimum absolute atomic E-state index is 0.0337. The Kier molecular flexibility index (Phi) is 8.06. The first-order valence-corrected chi connectivity index (χ1v) is 12.0. The number of benzene rings is 2. The van der Waals surface area contributed by atoms with Crippen molar-refractivity contribution in [2.24, 2.45) is 0 Å². The van der Waals surface area contributed by atoms with Crippen molar-refractivity contribution >= 4 is 17.6 Å². The predicted octanol–water partition coefficient (Wildman–Crippen LogP) is 4.81. The van der Waals surface area contributed by atoms with Gasteiger partial charge in [0.1, 0.15) is 5.78 Å². The van der Waals surface area contributed by atoms with Gasteiger partial charge in [-0.15, -0.1) is 0 Å². The lowest BCUT2D eigenvalue weighted by Gasteiger charge is -2.41. The number of carbonyl (C=O) groups is 3. The van der Waals surface area contributed by atoms with Gasteiger partial charge in [-0.1, -0.05) is 63.2 Å². The summed E-state index contributed by atoms with van der Waals surface area (Å²) in [6, 6.07) is 17.6. The Bertz CT molecular complexity index is 958. The summed E-state index contributed by atoms with van der Waals surface area (Å²) in [7, 11) is 1.67. The Labute approximate surface area is 197 Å². The molecule has 176 valence electrons. The van der Waals surface area contributed by atoms with E-state index in [0.29, 0.717) is 43.8 Å². The zero-order chi connectivity index (χ0) is 24.0. The molecule has 2 amide bonds. The third-order valence-electron chi connectivity index (χ3n) is 6.85. The average Bonchev–Trinajstić information content (AvgIpc) is 2.84. The fourth-order valence-corrected chi connectivity index (χ4v) is 4.70. The van der Waals surface area contributed by atoms with Gasteiger partial charge in [0.05, 0.1) is 12.0 Å². The van der Waals surface area contributed by atoms with Gasteiger partial charge in [0.15, 0.2) is 0 Å². The van der Waals surface area contributed by atoms with Gasteiger partial charge in [-0.3, -0.25) is 14.4 Å². The van der Waals surface area contributed by atoms with Gasteiger partial charge in [0, 0.05) is 32.1 Å². The smallest absolute Gasteiger partial charge is 0.254 e. The summed E-state index contributed by atoms with van der Waals surface area (Å²) in [6.07, 6.45) is 2.61. The first kappa shape index (κ1) is 24.7. The van der Waals surface area contributed by atoms with Crippen LogP contribution >= 0.6 is 0 Å². The van der Waals surface area contributed by atoms with E-state index < -0.39 is 5.41 Å². The summed E-state index contributed by atoms with van der Waals surface area (Å²) in [4.78, 5) is 42.2. The van der Waals surface area contributed by atoms with Crippen molar-refractivity contribution in [3.63, 3.8) is 0 Å². The topological polar surface area (TPSA) is 57.7 Å². The molecule has 5 nitrogen and oxygen atoms in total. The third-order valence-corrected chi connectivity index (χ3v) is 6.85. The van der Waals surface area contributed by atoms with Gasteiger partial charge in [0.2, 0.25) is 5.91 Å². The quantitative estimate of drug-likeness (QED) is 0.582. The van der Waals surface area contributed by atoms with E-state index in [2.05, 4.69) is 13.8 Å². The molecule has 0 N–H and O–H groups in total. The monoisotopic (exact) mass is 448 g/mol. The molecule has 1 aliphatic heterocycles. The molecule has 1 heterocycles. The van der Waals surface area contributed by atoms with Gasteiger partial charge < -0.3 is 9.80 Å². The van der Waals surface area contributed by atoms with E-state index >= 15 is 0 Å². The maximum Gasteiger partial charge on any atom is 0.254 e. The van der Waals surface area contributed by atoms with E-state index in [1.165, 1.54) is 10.5 Å². The highest BCUT2D eigenvalue weighted by Gasteiger charge is 2.42. The number of amides is 2. The van der Waals surface area contributed by atoms with Crippen LogP contribution < -0.4 is 0 Å². The van der Waals surface area contributed by atoms with Crippen LogP contribution in [0.15, 0.2) is 54.6 Å². The molecule has 3 rings (SSSR count). The lowest BCUT2D eigenvalue weighted by molar-refractivity contribution is -0.136. The number of hydrogen-bond acceptors (Lipinski definition) is 3. The molecule has 0 saturated carbocycles. The Morgan fingerprint density at radius 3 is 2.12 bits per heavy atom. The zero-order valence-corrected chi connectivity index (χ0v) is 20.3. The molecule has 1 aliphatic rings. The van der Waals surface area contributed by atoms with Crippen LogP contribution in [0.3, 0.4) is 0 Å².